The summed E-state index contributed by atoms with van der Waals surface area (Å²) in [6.07, 6.45) is 25.8. The molecule has 0 aliphatic carbocycles. The molecule has 0 saturated heterocycles. The number of rotatable bonds is 20. The smallest absolute Gasteiger partial charge is 0.0822 e. The fourth-order valence-corrected chi connectivity index (χ4v) is 3.90. The van der Waals surface area contributed by atoms with Crippen LogP contribution in [0.15, 0.2) is 30.3 Å². The highest BCUT2D eigenvalue weighted by Gasteiger charge is 1.96. The van der Waals surface area contributed by atoms with Crippen LogP contribution in [0.25, 0.3) is 0 Å². The molecule has 0 aliphatic heterocycles. The lowest BCUT2D eigenvalue weighted by Crippen LogP contribution is -1.86. The van der Waals surface area contributed by atoms with E-state index in [0.29, 0.717) is 0 Å². The number of aryl methyl sites for hydroxylation is 1. The van der Waals surface area contributed by atoms with Crippen molar-refractivity contribution in [3.05, 3.63) is 35.9 Å². The zero-order valence-electron chi connectivity index (χ0n) is 17.9. The molecule has 0 atom stereocenters. The van der Waals surface area contributed by atoms with Crippen LogP contribution in [0.4, 0.5) is 0 Å². The maximum absolute atomic E-state index is 10.3. The second kappa shape index (κ2) is 19.9. The lowest BCUT2D eigenvalue weighted by atomic mass is 10.0. The SMILES string of the molecule is [O]CCCCCCCCCCCCCCCCCCCCc1ccccc1. The minimum absolute atomic E-state index is 0.120. The molecule has 1 radical (unpaired) electrons. The molecule has 1 aromatic rings. The van der Waals surface area contributed by atoms with Gasteiger partial charge in [0.1, 0.15) is 0 Å². The average Bonchev–Trinajstić information content (AvgIpc) is 2.70. The Morgan fingerprint density at radius 1 is 0.407 bits per heavy atom. The molecule has 1 rings (SSSR count). The quantitative estimate of drug-likeness (QED) is 0.204. The standard InChI is InChI=1S/C26H45O/c27-25-21-16-14-12-10-8-6-4-2-1-3-5-7-9-11-13-15-18-22-26-23-19-17-20-24-26/h17,19-20,23-24H,1-16,18,21-22,25H2. The molecule has 0 aliphatic rings. The van der Waals surface area contributed by atoms with Crippen LogP contribution in [0.1, 0.15) is 121 Å². The fraction of sp³-hybridized carbons (Fsp3) is 0.769. The van der Waals surface area contributed by atoms with Gasteiger partial charge in [0.2, 0.25) is 0 Å². The zero-order valence-corrected chi connectivity index (χ0v) is 17.9. The summed E-state index contributed by atoms with van der Waals surface area (Å²) >= 11 is 0. The molecule has 0 spiro atoms. The summed E-state index contributed by atoms with van der Waals surface area (Å²) in [5, 5.41) is 10.3. The van der Waals surface area contributed by atoms with Crippen LogP contribution in [0, 0.1) is 0 Å². The van der Waals surface area contributed by atoms with E-state index in [2.05, 4.69) is 30.3 Å². The van der Waals surface area contributed by atoms with Crippen LogP contribution in [0.2, 0.25) is 0 Å². The topological polar surface area (TPSA) is 19.9 Å². The minimum Gasteiger partial charge on any atom is -0.237 e. The summed E-state index contributed by atoms with van der Waals surface area (Å²) < 4.78 is 0. The monoisotopic (exact) mass is 373 g/mol. The molecule has 0 heterocycles. The largest absolute Gasteiger partial charge is 0.237 e. The van der Waals surface area contributed by atoms with Gasteiger partial charge in [0, 0.05) is 0 Å². The van der Waals surface area contributed by atoms with Crippen molar-refractivity contribution < 1.29 is 5.11 Å². The third kappa shape index (κ3) is 17.0. The highest BCUT2D eigenvalue weighted by molar-refractivity contribution is 5.14. The van der Waals surface area contributed by atoms with Gasteiger partial charge in [-0.1, -0.05) is 133 Å². The van der Waals surface area contributed by atoms with Gasteiger partial charge in [-0.05, 0) is 24.8 Å². The molecule has 0 fully saturated rings. The van der Waals surface area contributed by atoms with E-state index in [1.807, 2.05) is 0 Å². The van der Waals surface area contributed by atoms with Crippen molar-refractivity contribution in [1.29, 1.82) is 0 Å². The van der Waals surface area contributed by atoms with Gasteiger partial charge in [0.05, 0.1) is 6.61 Å². The molecule has 27 heavy (non-hydrogen) atoms. The highest BCUT2D eigenvalue weighted by Crippen LogP contribution is 2.15. The van der Waals surface area contributed by atoms with Gasteiger partial charge in [0.25, 0.3) is 0 Å². The average molecular weight is 374 g/mol. The summed E-state index contributed by atoms with van der Waals surface area (Å²) in [6, 6.07) is 10.9. The molecule has 155 valence electrons. The van der Waals surface area contributed by atoms with Crippen LogP contribution in [0.3, 0.4) is 0 Å². The van der Waals surface area contributed by atoms with Gasteiger partial charge in [0.15, 0.2) is 0 Å². The molecule has 0 bridgehead atoms. The molecule has 0 saturated carbocycles. The number of unbranched alkanes of at least 4 members (excludes halogenated alkanes) is 17. The predicted molar refractivity (Wildman–Crippen MR) is 119 cm³/mol. The second-order valence-corrected chi connectivity index (χ2v) is 8.30. The van der Waals surface area contributed by atoms with Gasteiger partial charge in [-0.25, -0.2) is 5.11 Å². The molecule has 1 heteroatoms. The van der Waals surface area contributed by atoms with E-state index in [4.69, 9.17) is 0 Å². The van der Waals surface area contributed by atoms with E-state index in [0.717, 1.165) is 12.8 Å². The first kappa shape index (κ1) is 24.2. The Hall–Kier alpha value is -0.820. The Balaban J connectivity index is 1.67. The Kier molecular flexibility index (Phi) is 17.9. The maximum atomic E-state index is 10.3. The molecule has 0 N–H and O–H groups in total. The third-order valence-corrected chi connectivity index (χ3v) is 5.70. The van der Waals surface area contributed by atoms with Crippen LogP contribution >= 0.6 is 0 Å². The Labute approximate surface area is 170 Å². The molecule has 1 aromatic carbocycles. The number of hydrogen-bond acceptors (Lipinski definition) is 0. The normalized spacial score (nSPS) is 11.1. The van der Waals surface area contributed by atoms with Crippen molar-refractivity contribution in [2.75, 3.05) is 6.61 Å². The summed E-state index contributed by atoms with van der Waals surface area (Å²) in [6.45, 7) is 0.120. The van der Waals surface area contributed by atoms with Crippen molar-refractivity contribution in [3.8, 4) is 0 Å². The lowest BCUT2D eigenvalue weighted by Gasteiger charge is -2.04. The van der Waals surface area contributed by atoms with Gasteiger partial charge in [-0.2, -0.15) is 0 Å². The molecule has 1 nitrogen and oxygen atoms in total. The van der Waals surface area contributed by atoms with Crippen molar-refractivity contribution in [3.63, 3.8) is 0 Å². The first-order valence-electron chi connectivity index (χ1n) is 12.1. The van der Waals surface area contributed by atoms with E-state index in [9.17, 15) is 5.11 Å². The van der Waals surface area contributed by atoms with Crippen LogP contribution in [-0.4, -0.2) is 6.61 Å². The Morgan fingerprint density at radius 3 is 1.11 bits per heavy atom. The molecule has 0 unspecified atom stereocenters. The van der Waals surface area contributed by atoms with Gasteiger partial charge in [-0.3, -0.25) is 0 Å². The van der Waals surface area contributed by atoms with Crippen LogP contribution in [0.5, 0.6) is 0 Å². The highest BCUT2D eigenvalue weighted by atomic mass is 16.2. The Bertz CT molecular complexity index is 386. The zero-order chi connectivity index (χ0) is 19.3. The molecular weight excluding hydrogens is 328 g/mol. The number of benzene rings is 1. The van der Waals surface area contributed by atoms with E-state index in [-0.39, 0.29) is 6.61 Å². The van der Waals surface area contributed by atoms with Crippen molar-refractivity contribution in [2.45, 2.75) is 122 Å². The van der Waals surface area contributed by atoms with Crippen molar-refractivity contribution in [1.82, 2.24) is 0 Å². The minimum atomic E-state index is 0.120. The lowest BCUT2D eigenvalue weighted by molar-refractivity contribution is 0.186. The fourth-order valence-electron chi connectivity index (χ4n) is 3.90. The summed E-state index contributed by atoms with van der Waals surface area (Å²) in [5.74, 6) is 0. The third-order valence-electron chi connectivity index (χ3n) is 5.70. The summed E-state index contributed by atoms with van der Waals surface area (Å²) in [5.41, 5.74) is 1.49. The van der Waals surface area contributed by atoms with E-state index >= 15 is 0 Å². The molecule has 0 aromatic heterocycles. The predicted octanol–water partition coefficient (Wildman–Crippen LogP) is 8.68. The molecule has 0 amide bonds. The first-order chi connectivity index (χ1) is 13.4. The number of hydrogen-bond donors (Lipinski definition) is 0. The molecular formula is C26H45O. The van der Waals surface area contributed by atoms with Crippen molar-refractivity contribution >= 4 is 0 Å². The summed E-state index contributed by atoms with van der Waals surface area (Å²) in [7, 11) is 0. The van der Waals surface area contributed by atoms with E-state index in [1.165, 1.54) is 115 Å². The van der Waals surface area contributed by atoms with E-state index < -0.39 is 0 Å². The van der Waals surface area contributed by atoms with Gasteiger partial charge in [-0.15, -0.1) is 0 Å². The van der Waals surface area contributed by atoms with Crippen molar-refractivity contribution in [2.24, 2.45) is 0 Å². The van der Waals surface area contributed by atoms with Gasteiger partial charge < -0.3 is 0 Å². The first-order valence-corrected chi connectivity index (χ1v) is 12.1. The second-order valence-electron chi connectivity index (χ2n) is 8.30. The maximum Gasteiger partial charge on any atom is 0.0822 e. The Morgan fingerprint density at radius 2 is 0.741 bits per heavy atom. The van der Waals surface area contributed by atoms with Crippen LogP contribution in [-0.2, 0) is 11.5 Å². The van der Waals surface area contributed by atoms with E-state index in [1.54, 1.807) is 0 Å². The van der Waals surface area contributed by atoms with Gasteiger partial charge >= 0.3 is 0 Å². The van der Waals surface area contributed by atoms with Crippen LogP contribution < -0.4 is 0 Å². The summed E-state index contributed by atoms with van der Waals surface area (Å²) in [4.78, 5) is 0.